The lowest BCUT2D eigenvalue weighted by atomic mass is 9.98. The molecule has 2 amide bonds. The summed E-state index contributed by atoms with van der Waals surface area (Å²) in [4.78, 5) is 38.7. The van der Waals surface area contributed by atoms with E-state index in [0.29, 0.717) is 12.3 Å². The van der Waals surface area contributed by atoms with Crippen molar-refractivity contribution in [1.82, 2.24) is 15.5 Å². The second-order valence-electron chi connectivity index (χ2n) is 9.74. The highest BCUT2D eigenvalue weighted by molar-refractivity contribution is 5.85. The molecule has 2 unspecified atom stereocenters. The van der Waals surface area contributed by atoms with Crippen molar-refractivity contribution in [3.8, 4) is 11.1 Å². The standard InChI is InChI=1S/C27H33N3O5/c1-30(2)15-24(26(32)33)29-25(31)18(13-17-11-12-17)14-28-27(34)35-16-23-21-9-5-3-7-19(21)20-8-4-6-10-22(20)23/h3-10,17-18,23-24H,11-16H2,1-2H3,(H,28,34)(H,29,31)(H,32,33). The van der Waals surface area contributed by atoms with Crippen molar-refractivity contribution in [2.75, 3.05) is 33.8 Å². The Balaban J connectivity index is 1.34. The Kier molecular flexibility index (Phi) is 7.70. The molecule has 2 aromatic carbocycles. The third-order valence-electron chi connectivity index (χ3n) is 6.68. The van der Waals surface area contributed by atoms with Crippen LogP contribution in [0.4, 0.5) is 4.79 Å². The number of likely N-dealkylation sites (N-methyl/N-ethyl adjacent to an activating group) is 1. The van der Waals surface area contributed by atoms with Gasteiger partial charge in [0.15, 0.2) is 0 Å². The van der Waals surface area contributed by atoms with Gasteiger partial charge in [0.1, 0.15) is 12.6 Å². The first kappa shape index (κ1) is 24.7. The summed E-state index contributed by atoms with van der Waals surface area (Å²) < 4.78 is 5.58. The zero-order valence-electron chi connectivity index (χ0n) is 20.2. The minimum atomic E-state index is -1.08. The summed E-state index contributed by atoms with van der Waals surface area (Å²) in [7, 11) is 3.50. The quantitative estimate of drug-likeness (QED) is 0.457. The number of benzene rings is 2. The van der Waals surface area contributed by atoms with Crippen LogP contribution >= 0.6 is 0 Å². The molecular formula is C27H33N3O5. The van der Waals surface area contributed by atoms with E-state index >= 15 is 0 Å². The Labute approximate surface area is 205 Å². The molecule has 2 aliphatic carbocycles. The predicted octanol–water partition coefficient (Wildman–Crippen LogP) is 3.07. The van der Waals surface area contributed by atoms with Crippen LogP contribution in [-0.2, 0) is 14.3 Å². The summed E-state index contributed by atoms with van der Waals surface area (Å²) in [5, 5.41) is 14.8. The highest BCUT2D eigenvalue weighted by Gasteiger charge is 2.33. The lowest BCUT2D eigenvalue weighted by molar-refractivity contribution is -0.142. The smallest absolute Gasteiger partial charge is 0.407 e. The van der Waals surface area contributed by atoms with Crippen LogP contribution in [0.2, 0.25) is 0 Å². The van der Waals surface area contributed by atoms with Crippen molar-refractivity contribution < 1.29 is 24.2 Å². The number of carboxylic acid groups (broad SMARTS) is 1. The molecule has 0 bridgehead atoms. The van der Waals surface area contributed by atoms with E-state index in [1.165, 1.54) is 0 Å². The van der Waals surface area contributed by atoms with Crippen molar-refractivity contribution >= 4 is 18.0 Å². The largest absolute Gasteiger partial charge is 0.480 e. The van der Waals surface area contributed by atoms with Gasteiger partial charge in [-0.1, -0.05) is 61.4 Å². The third kappa shape index (κ3) is 6.19. The zero-order chi connectivity index (χ0) is 24.9. The number of nitrogens with one attached hydrogen (secondary N) is 2. The molecule has 2 aliphatic rings. The maximum absolute atomic E-state index is 12.9. The predicted molar refractivity (Wildman–Crippen MR) is 132 cm³/mol. The van der Waals surface area contributed by atoms with Crippen LogP contribution < -0.4 is 10.6 Å². The summed E-state index contributed by atoms with van der Waals surface area (Å²) in [6.45, 7) is 0.494. The van der Waals surface area contributed by atoms with Gasteiger partial charge >= 0.3 is 12.1 Å². The monoisotopic (exact) mass is 479 g/mol. The molecule has 1 fully saturated rings. The minimum Gasteiger partial charge on any atom is -0.480 e. The van der Waals surface area contributed by atoms with E-state index < -0.39 is 24.0 Å². The van der Waals surface area contributed by atoms with Gasteiger partial charge in [-0.05, 0) is 48.7 Å². The van der Waals surface area contributed by atoms with Crippen LogP contribution in [0.1, 0.15) is 36.3 Å². The number of carboxylic acids is 1. The number of amides is 2. The summed E-state index contributed by atoms with van der Waals surface area (Å²) in [6.07, 6.45) is 2.14. The number of hydrogen-bond donors (Lipinski definition) is 3. The van der Waals surface area contributed by atoms with Crippen molar-refractivity contribution in [3.05, 3.63) is 59.7 Å². The fourth-order valence-corrected chi connectivity index (χ4v) is 4.74. The topological polar surface area (TPSA) is 108 Å². The molecule has 2 atom stereocenters. The zero-order valence-corrected chi connectivity index (χ0v) is 20.2. The number of aliphatic carboxylic acids is 1. The number of carbonyl (C=O) groups excluding carboxylic acids is 2. The molecule has 0 spiro atoms. The number of rotatable bonds is 11. The van der Waals surface area contributed by atoms with Crippen LogP contribution in [0.3, 0.4) is 0 Å². The van der Waals surface area contributed by atoms with E-state index in [4.69, 9.17) is 4.74 Å². The van der Waals surface area contributed by atoms with Gasteiger partial charge in [-0.3, -0.25) is 4.79 Å². The number of alkyl carbamates (subject to hydrolysis) is 1. The van der Waals surface area contributed by atoms with Crippen LogP contribution in [-0.4, -0.2) is 67.8 Å². The molecule has 3 N–H and O–H groups in total. The van der Waals surface area contributed by atoms with Crippen LogP contribution in [0.25, 0.3) is 11.1 Å². The fourth-order valence-electron chi connectivity index (χ4n) is 4.74. The first-order valence-corrected chi connectivity index (χ1v) is 12.1. The number of fused-ring (bicyclic) bond motifs is 3. The maximum Gasteiger partial charge on any atom is 0.407 e. The van der Waals surface area contributed by atoms with E-state index in [0.717, 1.165) is 35.1 Å². The third-order valence-corrected chi connectivity index (χ3v) is 6.68. The molecule has 2 aromatic rings. The van der Waals surface area contributed by atoms with Crippen molar-refractivity contribution in [3.63, 3.8) is 0 Å². The molecule has 0 aromatic heterocycles. The Hall–Kier alpha value is -3.39. The second kappa shape index (κ2) is 10.9. The molecule has 8 nitrogen and oxygen atoms in total. The SMILES string of the molecule is CN(C)CC(NC(=O)C(CNC(=O)OCC1c2ccccc2-c2ccccc21)CC1CC1)C(=O)O. The number of carbonyl (C=O) groups is 3. The van der Waals surface area contributed by atoms with E-state index in [1.807, 2.05) is 24.3 Å². The number of hydrogen-bond acceptors (Lipinski definition) is 5. The molecule has 0 radical (unpaired) electrons. The van der Waals surface area contributed by atoms with Crippen LogP contribution in [0, 0.1) is 11.8 Å². The second-order valence-corrected chi connectivity index (χ2v) is 9.74. The average Bonchev–Trinajstić information content (AvgIpc) is 3.60. The van der Waals surface area contributed by atoms with E-state index in [9.17, 15) is 19.5 Å². The Morgan fingerprint density at radius 3 is 2.17 bits per heavy atom. The molecule has 186 valence electrons. The van der Waals surface area contributed by atoms with Crippen LogP contribution in [0.15, 0.2) is 48.5 Å². The number of nitrogens with zero attached hydrogens (tertiary/aromatic N) is 1. The molecule has 4 rings (SSSR count). The molecule has 0 saturated heterocycles. The van der Waals surface area contributed by atoms with E-state index in [1.54, 1.807) is 19.0 Å². The van der Waals surface area contributed by atoms with Gasteiger partial charge in [0.05, 0.1) is 5.92 Å². The number of ether oxygens (including phenoxy) is 1. The Morgan fingerprint density at radius 1 is 1.03 bits per heavy atom. The van der Waals surface area contributed by atoms with Gasteiger partial charge < -0.3 is 25.4 Å². The average molecular weight is 480 g/mol. The van der Waals surface area contributed by atoms with Crippen molar-refractivity contribution in [1.29, 1.82) is 0 Å². The van der Waals surface area contributed by atoms with Gasteiger partial charge in [-0.15, -0.1) is 0 Å². The Morgan fingerprint density at radius 2 is 1.63 bits per heavy atom. The van der Waals surface area contributed by atoms with Gasteiger partial charge in [0.2, 0.25) is 5.91 Å². The van der Waals surface area contributed by atoms with Crippen molar-refractivity contribution in [2.24, 2.45) is 11.8 Å². The van der Waals surface area contributed by atoms with Gasteiger partial charge in [-0.2, -0.15) is 0 Å². The maximum atomic E-state index is 12.9. The molecule has 0 heterocycles. The lowest BCUT2D eigenvalue weighted by Gasteiger charge is -2.23. The summed E-state index contributed by atoms with van der Waals surface area (Å²) in [5.74, 6) is -1.55. The normalized spacial score (nSPS) is 16.2. The summed E-state index contributed by atoms with van der Waals surface area (Å²) >= 11 is 0. The molecule has 8 heteroatoms. The van der Waals surface area contributed by atoms with E-state index in [-0.39, 0.29) is 31.5 Å². The highest BCUT2D eigenvalue weighted by Crippen LogP contribution is 2.44. The molecule has 1 saturated carbocycles. The summed E-state index contributed by atoms with van der Waals surface area (Å²) in [5.41, 5.74) is 4.58. The fraction of sp³-hybridized carbons (Fsp3) is 0.444. The Bertz CT molecular complexity index is 1040. The first-order valence-electron chi connectivity index (χ1n) is 12.1. The molecular weight excluding hydrogens is 446 g/mol. The first-order chi connectivity index (χ1) is 16.8. The molecule has 35 heavy (non-hydrogen) atoms. The highest BCUT2D eigenvalue weighted by atomic mass is 16.5. The van der Waals surface area contributed by atoms with Gasteiger partial charge in [-0.25, -0.2) is 9.59 Å². The molecule has 0 aliphatic heterocycles. The lowest BCUT2D eigenvalue weighted by Crippen LogP contribution is -2.50. The van der Waals surface area contributed by atoms with Gasteiger partial charge in [0, 0.05) is 19.0 Å². The summed E-state index contributed by atoms with van der Waals surface area (Å²) in [6, 6.07) is 15.3. The van der Waals surface area contributed by atoms with Crippen molar-refractivity contribution in [2.45, 2.75) is 31.2 Å². The van der Waals surface area contributed by atoms with Gasteiger partial charge in [0.25, 0.3) is 0 Å². The van der Waals surface area contributed by atoms with Crippen LogP contribution in [0.5, 0.6) is 0 Å². The minimum absolute atomic E-state index is 0.0407. The van der Waals surface area contributed by atoms with E-state index in [2.05, 4.69) is 34.9 Å².